The van der Waals surface area contributed by atoms with E-state index in [4.69, 9.17) is 0 Å². The molecule has 1 aromatic carbocycles. The van der Waals surface area contributed by atoms with Crippen LogP contribution in [0.4, 0.5) is 5.69 Å². The number of piperidine rings is 1. The summed E-state index contributed by atoms with van der Waals surface area (Å²) in [4.78, 5) is 66.5. The first-order chi connectivity index (χ1) is 16.7. The van der Waals surface area contributed by atoms with E-state index in [1.54, 1.807) is 25.1 Å². The van der Waals surface area contributed by atoms with Crippen LogP contribution in [0, 0.1) is 29.6 Å². The Morgan fingerprint density at radius 3 is 2.51 bits per heavy atom. The number of carbonyl (C=O) groups is 4. The molecule has 2 spiro atoms. The molecule has 1 aromatic heterocycles. The van der Waals surface area contributed by atoms with E-state index in [0.29, 0.717) is 29.9 Å². The van der Waals surface area contributed by atoms with Gasteiger partial charge in [0.1, 0.15) is 17.4 Å². The van der Waals surface area contributed by atoms with E-state index in [9.17, 15) is 29.1 Å². The number of para-hydroxylation sites is 1. The van der Waals surface area contributed by atoms with Gasteiger partial charge in [-0.25, -0.2) is 4.98 Å². The Hall–Kier alpha value is -3.56. The summed E-state index contributed by atoms with van der Waals surface area (Å²) >= 11 is 0. The average molecular weight is 479 g/mol. The number of nitrogens with zero attached hydrogens (tertiary/aromatic N) is 2. The highest BCUT2D eigenvalue weighted by Crippen LogP contribution is 2.85. The molecule has 10 nitrogen and oxygen atoms in total. The number of carbonyl (C=O) groups excluding carboxylic acids is 3. The molecule has 1 aliphatic heterocycles. The van der Waals surface area contributed by atoms with Crippen LogP contribution in [0.3, 0.4) is 0 Å². The van der Waals surface area contributed by atoms with Gasteiger partial charge in [0.25, 0.3) is 5.56 Å². The van der Waals surface area contributed by atoms with Gasteiger partial charge in [0, 0.05) is 12.3 Å². The van der Waals surface area contributed by atoms with Gasteiger partial charge < -0.3 is 10.4 Å². The van der Waals surface area contributed by atoms with Crippen LogP contribution in [-0.2, 0) is 19.2 Å². The van der Waals surface area contributed by atoms with E-state index in [1.165, 1.54) is 4.57 Å². The zero-order chi connectivity index (χ0) is 24.7. The zero-order valence-electron chi connectivity index (χ0n) is 19.3. The molecule has 3 aliphatic carbocycles. The summed E-state index contributed by atoms with van der Waals surface area (Å²) in [6, 6.07) is 4.11. The van der Waals surface area contributed by atoms with Crippen molar-refractivity contribution in [3.8, 4) is 0 Å². The summed E-state index contributed by atoms with van der Waals surface area (Å²) in [6.07, 6.45) is 4.44. The summed E-state index contributed by atoms with van der Waals surface area (Å²) in [6.45, 7) is 1.62. The minimum Gasteiger partial charge on any atom is -0.481 e. The van der Waals surface area contributed by atoms with Crippen molar-refractivity contribution < 1.29 is 24.3 Å². The first-order valence-electron chi connectivity index (χ1n) is 12.1. The molecule has 3 N–H and O–H groups in total. The van der Waals surface area contributed by atoms with Crippen molar-refractivity contribution in [1.82, 2.24) is 14.9 Å². The van der Waals surface area contributed by atoms with Gasteiger partial charge in [0.2, 0.25) is 17.7 Å². The number of aromatic nitrogens is 2. The molecular weight excluding hydrogens is 452 g/mol. The third kappa shape index (κ3) is 2.88. The van der Waals surface area contributed by atoms with Crippen LogP contribution in [0.2, 0.25) is 0 Å². The van der Waals surface area contributed by atoms with Gasteiger partial charge in [0.15, 0.2) is 0 Å². The lowest BCUT2D eigenvalue weighted by Crippen LogP contribution is -2.45. The highest BCUT2D eigenvalue weighted by molar-refractivity contribution is 6.02. The number of anilines is 1. The van der Waals surface area contributed by atoms with Crippen LogP contribution in [0.25, 0.3) is 10.9 Å². The Kier molecular flexibility index (Phi) is 4.53. The fraction of sp³-hybridized carbons (Fsp3) is 0.520. The van der Waals surface area contributed by atoms with E-state index in [-0.39, 0.29) is 52.7 Å². The van der Waals surface area contributed by atoms with Gasteiger partial charge in [-0.05, 0) is 62.0 Å². The Balaban J connectivity index is 1.25. The Morgan fingerprint density at radius 2 is 1.91 bits per heavy atom. The molecule has 4 aliphatic rings. The van der Waals surface area contributed by atoms with Crippen molar-refractivity contribution in [2.45, 2.75) is 57.9 Å². The highest BCUT2D eigenvalue weighted by Gasteiger charge is 2.84. The maximum Gasteiger partial charge on any atom is 0.307 e. The predicted octanol–water partition coefficient (Wildman–Crippen LogP) is 1.90. The lowest BCUT2D eigenvalue weighted by atomic mass is 9.62. The summed E-state index contributed by atoms with van der Waals surface area (Å²) in [5.74, 6) is -2.11. The first-order valence-corrected chi connectivity index (χ1v) is 12.1. The largest absolute Gasteiger partial charge is 0.481 e. The second kappa shape index (κ2) is 7.22. The number of fused-ring (bicyclic) bond motifs is 2. The van der Waals surface area contributed by atoms with E-state index >= 15 is 0 Å². The molecule has 0 radical (unpaired) electrons. The van der Waals surface area contributed by atoms with Gasteiger partial charge in [-0.1, -0.05) is 12.5 Å². The van der Waals surface area contributed by atoms with E-state index in [2.05, 4.69) is 15.6 Å². The number of aryl methyl sites for hydroxylation is 1. The van der Waals surface area contributed by atoms with Crippen LogP contribution < -0.4 is 16.2 Å². The first kappa shape index (κ1) is 21.9. The van der Waals surface area contributed by atoms with Crippen LogP contribution in [0.5, 0.6) is 0 Å². The van der Waals surface area contributed by atoms with E-state index in [0.717, 1.165) is 19.3 Å². The molecule has 10 heteroatoms. The van der Waals surface area contributed by atoms with Gasteiger partial charge in [-0.2, -0.15) is 0 Å². The van der Waals surface area contributed by atoms with Crippen molar-refractivity contribution >= 4 is 40.3 Å². The van der Waals surface area contributed by atoms with Gasteiger partial charge in [-0.15, -0.1) is 0 Å². The summed E-state index contributed by atoms with van der Waals surface area (Å²) in [5, 5.41) is 15.1. The third-order valence-corrected chi connectivity index (χ3v) is 8.99. The quantitative estimate of drug-likeness (QED) is 0.569. The minimum absolute atomic E-state index is 0.102. The Bertz CT molecular complexity index is 1380. The smallest absolute Gasteiger partial charge is 0.307 e. The molecule has 182 valence electrons. The van der Waals surface area contributed by atoms with Crippen molar-refractivity contribution in [3.63, 3.8) is 0 Å². The molecule has 2 atom stereocenters. The number of carboxylic acid groups (broad SMARTS) is 1. The molecule has 2 heterocycles. The number of amides is 3. The highest BCUT2D eigenvalue weighted by atomic mass is 16.4. The molecule has 35 heavy (non-hydrogen) atoms. The third-order valence-electron chi connectivity index (χ3n) is 8.99. The molecule has 2 unspecified atom stereocenters. The second-order valence-electron chi connectivity index (χ2n) is 10.5. The number of aliphatic carboxylic acids is 1. The molecular formula is C25H26N4O6. The van der Waals surface area contributed by atoms with Crippen LogP contribution in [-0.4, -0.2) is 38.3 Å². The standard InChI is InChI=1S/C25H26N4O6/c1-12-26-18-14(22(33)29(12)16-6-7-17(30)28-21(16)32)4-2-5-15(18)27-20(31)13-10-25(11-13)19(23(34)35)24(25)8-3-9-24/h2,4-5,13,16,19H,3,6-11H2,1H3,(H,27,31)(H,34,35)(H,28,30,32). The SMILES string of the molecule is Cc1nc2c(NC(=O)C3CC4(C3)C(C(=O)O)C43CCC3)cccc2c(=O)n1C1CCC(=O)NC1=O. The maximum atomic E-state index is 13.3. The molecule has 3 saturated carbocycles. The van der Waals surface area contributed by atoms with Gasteiger partial charge >= 0.3 is 5.97 Å². The fourth-order valence-electron chi connectivity index (χ4n) is 7.16. The summed E-state index contributed by atoms with van der Waals surface area (Å²) in [7, 11) is 0. The van der Waals surface area contributed by atoms with Crippen LogP contribution >= 0.6 is 0 Å². The normalized spacial score (nSPS) is 30.5. The van der Waals surface area contributed by atoms with Gasteiger partial charge in [0.05, 0.1) is 17.0 Å². The minimum atomic E-state index is -0.818. The zero-order valence-corrected chi connectivity index (χ0v) is 19.3. The van der Waals surface area contributed by atoms with Crippen LogP contribution in [0.1, 0.15) is 56.8 Å². The lowest BCUT2D eigenvalue weighted by Gasteiger charge is -2.42. The number of carboxylic acids is 1. The lowest BCUT2D eigenvalue weighted by molar-refractivity contribution is -0.142. The van der Waals surface area contributed by atoms with Crippen molar-refractivity contribution in [3.05, 3.63) is 34.4 Å². The van der Waals surface area contributed by atoms with Gasteiger partial charge in [-0.3, -0.25) is 33.9 Å². The van der Waals surface area contributed by atoms with E-state index in [1.807, 2.05) is 0 Å². The average Bonchev–Trinajstić information content (AvgIpc) is 3.41. The van der Waals surface area contributed by atoms with Crippen molar-refractivity contribution in [1.29, 1.82) is 0 Å². The second-order valence-corrected chi connectivity index (χ2v) is 10.5. The monoisotopic (exact) mass is 478 g/mol. The molecule has 2 aromatic rings. The molecule has 0 bridgehead atoms. The Morgan fingerprint density at radius 1 is 1.17 bits per heavy atom. The van der Waals surface area contributed by atoms with Crippen molar-refractivity contribution in [2.24, 2.45) is 22.7 Å². The fourth-order valence-corrected chi connectivity index (χ4v) is 7.16. The molecule has 6 rings (SSSR count). The number of hydrogen-bond acceptors (Lipinski definition) is 6. The number of benzene rings is 1. The molecule has 3 amide bonds. The van der Waals surface area contributed by atoms with Crippen molar-refractivity contribution in [2.75, 3.05) is 5.32 Å². The Labute approximate surface area is 200 Å². The number of rotatable bonds is 4. The predicted molar refractivity (Wildman–Crippen MR) is 123 cm³/mol. The number of imide groups is 1. The van der Waals surface area contributed by atoms with Crippen LogP contribution in [0.15, 0.2) is 23.0 Å². The summed E-state index contributed by atoms with van der Waals surface area (Å²) < 4.78 is 1.31. The number of nitrogens with one attached hydrogen (secondary N) is 2. The molecule has 1 saturated heterocycles. The molecule has 4 fully saturated rings. The summed E-state index contributed by atoms with van der Waals surface area (Å²) in [5.41, 5.74) is 0.00568. The maximum absolute atomic E-state index is 13.3. The number of hydrogen-bond donors (Lipinski definition) is 3. The topological polar surface area (TPSA) is 147 Å². The van der Waals surface area contributed by atoms with E-state index < -0.39 is 23.5 Å².